The highest BCUT2D eigenvalue weighted by molar-refractivity contribution is 9.10. The van der Waals surface area contributed by atoms with Gasteiger partial charge in [-0.15, -0.1) is 0 Å². The molecule has 0 bridgehead atoms. The number of sulfone groups is 1. The van der Waals surface area contributed by atoms with E-state index in [1.165, 1.54) is 0 Å². The highest BCUT2D eigenvalue weighted by Gasteiger charge is 2.18. The van der Waals surface area contributed by atoms with Gasteiger partial charge in [-0.1, -0.05) is 24.3 Å². The van der Waals surface area contributed by atoms with Crippen LogP contribution in [0.15, 0.2) is 51.8 Å². The number of ether oxygens (including phenoxy) is 1. The summed E-state index contributed by atoms with van der Waals surface area (Å²) in [7, 11) is -1.88. The molecular formula is C15H16BrNO3S. The van der Waals surface area contributed by atoms with Gasteiger partial charge in [-0.3, -0.25) is 0 Å². The van der Waals surface area contributed by atoms with Crippen molar-refractivity contribution in [2.75, 3.05) is 7.11 Å². The van der Waals surface area contributed by atoms with Crippen molar-refractivity contribution in [2.24, 2.45) is 5.73 Å². The van der Waals surface area contributed by atoms with Gasteiger partial charge in [0.05, 0.1) is 17.8 Å². The molecule has 0 aliphatic rings. The van der Waals surface area contributed by atoms with Crippen LogP contribution in [0.5, 0.6) is 5.75 Å². The van der Waals surface area contributed by atoms with E-state index in [1.807, 2.05) is 0 Å². The first-order valence-corrected chi connectivity index (χ1v) is 8.75. The van der Waals surface area contributed by atoms with E-state index >= 15 is 0 Å². The average molecular weight is 370 g/mol. The zero-order chi connectivity index (χ0) is 15.5. The number of benzene rings is 2. The normalized spacial score (nSPS) is 11.4. The summed E-state index contributed by atoms with van der Waals surface area (Å²) in [5, 5.41) is 0. The predicted molar refractivity (Wildman–Crippen MR) is 85.9 cm³/mol. The maximum absolute atomic E-state index is 12.5. The number of hydrogen-bond acceptors (Lipinski definition) is 4. The summed E-state index contributed by atoms with van der Waals surface area (Å²) < 4.78 is 30.8. The van der Waals surface area contributed by atoms with E-state index in [4.69, 9.17) is 10.5 Å². The highest BCUT2D eigenvalue weighted by Crippen LogP contribution is 2.27. The van der Waals surface area contributed by atoms with E-state index < -0.39 is 9.84 Å². The molecule has 6 heteroatoms. The zero-order valence-corrected chi connectivity index (χ0v) is 13.9. The molecule has 0 spiro atoms. The van der Waals surface area contributed by atoms with Crippen LogP contribution in [0.1, 0.15) is 11.1 Å². The highest BCUT2D eigenvalue weighted by atomic mass is 79.9. The van der Waals surface area contributed by atoms with Gasteiger partial charge in [0.1, 0.15) is 5.75 Å². The van der Waals surface area contributed by atoms with Gasteiger partial charge in [0.25, 0.3) is 0 Å². The maximum atomic E-state index is 12.5. The Morgan fingerprint density at radius 3 is 2.52 bits per heavy atom. The summed E-state index contributed by atoms with van der Waals surface area (Å²) in [5.74, 6) is 0.522. The van der Waals surface area contributed by atoms with E-state index in [1.54, 1.807) is 49.6 Å². The lowest BCUT2D eigenvalue weighted by atomic mass is 10.1. The van der Waals surface area contributed by atoms with Gasteiger partial charge < -0.3 is 10.5 Å². The minimum atomic E-state index is -3.42. The van der Waals surface area contributed by atoms with Crippen molar-refractivity contribution in [1.29, 1.82) is 0 Å². The Morgan fingerprint density at radius 1 is 1.19 bits per heavy atom. The molecule has 112 valence electrons. The Bertz CT molecular complexity index is 744. The lowest BCUT2D eigenvalue weighted by Crippen LogP contribution is -2.07. The molecule has 0 atom stereocenters. The van der Waals surface area contributed by atoms with Crippen LogP contribution in [-0.4, -0.2) is 15.5 Å². The Hall–Kier alpha value is -1.37. The molecule has 2 aromatic rings. The monoisotopic (exact) mass is 369 g/mol. The number of hydrogen-bond donors (Lipinski definition) is 1. The number of halogens is 1. The Kier molecular flexibility index (Phi) is 5.03. The molecule has 0 aromatic heterocycles. The van der Waals surface area contributed by atoms with Crippen LogP contribution in [0, 0.1) is 0 Å². The Labute approximate surface area is 133 Å². The van der Waals surface area contributed by atoms with Crippen molar-refractivity contribution in [3.8, 4) is 5.75 Å². The van der Waals surface area contributed by atoms with Crippen LogP contribution in [-0.2, 0) is 22.1 Å². The maximum Gasteiger partial charge on any atom is 0.183 e. The smallest absolute Gasteiger partial charge is 0.183 e. The fourth-order valence-electron chi connectivity index (χ4n) is 2.04. The van der Waals surface area contributed by atoms with Crippen molar-refractivity contribution < 1.29 is 13.2 Å². The van der Waals surface area contributed by atoms with Crippen molar-refractivity contribution in [3.63, 3.8) is 0 Å². The number of methoxy groups -OCH3 is 1. The second-order valence-electron chi connectivity index (χ2n) is 4.54. The van der Waals surface area contributed by atoms with Crippen molar-refractivity contribution in [3.05, 3.63) is 58.1 Å². The van der Waals surface area contributed by atoms with Crippen LogP contribution >= 0.6 is 15.9 Å². The molecule has 2 N–H and O–H groups in total. The minimum Gasteiger partial charge on any atom is -0.496 e. The Balaban J connectivity index is 2.35. The van der Waals surface area contributed by atoms with Crippen LogP contribution in [0.4, 0.5) is 0 Å². The molecule has 0 saturated carbocycles. The zero-order valence-electron chi connectivity index (χ0n) is 11.5. The van der Waals surface area contributed by atoms with Crippen LogP contribution in [0.2, 0.25) is 0 Å². The quantitative estimate of drug-likeness (QED) is 0.879. The second-order valence-corrected chi connectivity index (χ2v) is 7.35. The molecule has 21 heavy (non-hydrogen) atoms. The van der Waals surface area contributed by atoms with E-state index in [0.29, 0.717) is 22.3 Å². The van der Waals surface area contributed by atoms with Crippen LogP contribution in [0.25, 0.3) is 0 Å². The summed E-state index contributed by atoms with van der Waals surface area (Å²) in [6.07, 6.45) is 0. The van der Waals surface area contributed by atoms with Crippen LogP contribution in [0.3, 0.4) is 0 Å². The van der Waals surface area contributed by atoms with E-state index in [2.05, 4.69) is 15.9 Å². The van der Waals surface area contributed by atoms with Crippen molar-refractivity contribution in [1.82, 2.24) is 0 Å². The standard InChI is InChI=1S/C15H16BrNO3S/c1-20-14-8-11(6-7-12(14)9-17)10-21(18,19)15-5-3-2-4-13(15)16/h2-8H,9-10,17H2,1H3. The summed E-state index contributed by atoms with van der Waals surface area (Å²) >= 11 is 3.28. The third-order valence-electron chi connectivity index (χ3n) is 3.10. The summed E-state index contributed by atoms with van der Waals surface area (Å²) in [4.78, 5) is 0.284. The third-order valence-corrected chi connectivity index (χ3v) is 5.79. The first-order chi connectivity index (χ1) is 9.97. The first-order valence-electron chi connectivity index (χ1n) is 6.31. The molecule has 0 heterocycles. The molecule has 2 aromatic carbocycles. The molecule has 2 rings (SSSR count). The SMILES string of the molecule is COc1cc(CS(=O)(=O)c2ccccc2Br)ccc1CN. The fraction of sp³-hybridized carbons (Fsp3) is 0.200. The molecule has 0 fully saturated rings. The molecule has 0 aliphatic heterocycles. The lowest BCUT2D eigenvalue weighted by Gasteiger charge is -2.10. The third kappa shape index (κ3) is 3.64. The van der Waals surface area contributed by atoms with Gasteiger partial charge in [0, 0.05) is 16.6 Å². The molecule has 0 radical (unpaired) electrons. The van der Waals surface area contributed by atoms with Crippen molar-refractivity contribution >= 4 is 25.8 Å². The predicted octanol–water partition coefficient (Wildman–Crippen LogP) is 2.89. The Morgan fingerprint density at radius 2 is 1.90 bits per heavy atom. The van der Waals surface area contributed by atoms with Gasteiger partial charge in [-0.25, -0.2) is 8.42 Å². The molecule has 4 nitrogen and oxygen atoms in total. The van der Waals surface area contributed by atoms with Gasteiger partial charge in [0.2, 0.25) is 0 Å². The van der Waals surface area contributed by atoms with Crippen LogP contribution < -0.4 is 10.5 Å². The molecule has 0 saturated heterocycles. The summed E-state index contributed by atoms with van der Waals surface area (Å²) in [6.45, 7) is 0.348. The topological polar surface area (TPSA) is 69.4 Å². The van der Waals surface area contributed by atoms with Gasteiger partial charge in [0.15, 0.2) is 9.84 Å². The van der Waals surface area contributed by atoms with E-state index in [0.717, 1.165) is 5.56 Å². The number of rotatable bonds is 5. The molecule has 0 amide bonds. The second kappa shape index (κ2) is 6.60. The fourth-order valence-corrected chi connectivity index (χ4v) is 4.49. The molecular weight excluding hydrogens is 354 g/mol. The molecule has 0 aliphatic carbocycles. The lowest BCUT2D eigenvalue weighted by molar-refractivity contribution is 0.409. The number of nitrogens with two attached hydrogens (primary N) is 1. The minimum absolute atomic E-state index is 0.0865. The molecule has 0 unspecified atom stereocenters. The summed E-state index contributed by atoms with van der Waals surface area (Å²) in [5.41, 5.74) is 7.12. The van der Waals surface area contributed by atoms with E-state index in [-0.39, 0.29) is 10.6 Å². The van der Waals surface area contributed by atoms with E-state index in [9.17, 15) is 8.42 Å². The van der Waals surface area contributed by atoms with Gasteiger partial charge >= 0.3 is 0 Å². The first kappa shape index (κ1) is 16.0. The summed E-state index contributed by atoms with van der Waals surface area (Å²) in [6, 6.07) is 12.1. The van der Waals surface area contributed by atoms with Crippen molar-refractivity contribution in [2.45, 2.75) is 17.2 Å². The largest absolute Gasteiger partial charge is 0.496 e. The average Bonchev–Trinajstić information content (AvgIpc) is 2.47. The van der Waals surface area contributed by atoms with Gasteiger partial charge in [-0.05, 0) is 39.7 Å². The van der Waals surface area contributed by atoms with Gasteiger partial charge in [-0.2, -0.15) is 0 Å².